The molecule has 4 rings (SSSR count). The molecule has 3 nitrogen and oxygen atoms in total. The molecule has 3 aromatic rings. The third-order valence-corrected chi connectivity index (χ3v) is 4.52. The minimum Gasteiger partial charge on any atom is -0.268 e. The fourth-order valence-electron chi connectivity index (χ4n) is 2.79. The standard InChI is InChI=1S/C18H10BrNO2/c19-15-7-3-6-14-16(15)18(22)20(17(14)21)13-9-8-11-4-1-2-5-12(11)10-13/h1-10H. The van der Waals surface area contributed by atoms with Crippen molar-refractivity contribution in [3.8, 4) is 0 Å². The lowest BCUT2D eigenvalue weighted by molar-refractivity contribution is 0.0926. The van der Waals surface area contributed by atoms with Crippen LogP contribution in [-0.2, 0) is 0 Å². The summed E-state index contributed by atoms with van der Waals surface area (Å²) in [4.78, 5) is 26.5. The monoisotopic (exact) mass is 351 g/mol. The van der Waals surface area contributed by atoms with Gasteiger partial charge >= 0.3 is 0 Å². The van der Waals surface area contributed by atoms with Gasteiger partial charge in [-0.3, -0.25) is 9.59 Å². The number of imide groups is 1. The summed E-state index contributed by atoms with van der Waals surface area (Å²) in [6, 6.07) is 18.7. The first-order valence-electron chi connectivity index (χ1n) is 6.83. The topological polar surface area (TPSA) is 37.4 Å². The van der Waals surface area contributed by atoms with Crippen LogP contribution in [0.4, 0.5) is 5.69 Å². The molecule has 0 bridgehead atoms. The number of amides is 2. The summed E-state index contributed by atoms with van der Waals surface area (Å²) in [5, 5.41) is 2.07. The number of halogens is 1. The normalized spacial score (nSPS) is 13.8. The summed E-state index contributed by atoms with van der Waals surface area (Å²) in [6.45, 7) is 0. The van der Waals surface area contributed by atoms with Crippen LogP contribution in [0.3, 0.4) is 0 Å². The first-order valence-corrected chi connectivity index (χ1v) is 7.62. The van der Waals surface area contributed by atoms with Crippen molar-refractivity contribution in [1.29, 1.82) is 0 Å². The molecule has 0 aliphatic carbocycles. The second kappa shape index (κ2) is 4.78. The van der Waals surface area contributed by atoms with Crippen molar-refractivity contribution in [3.05, 3.63) is 76.3 Å². The van der Waals surface area contributed by atoms with Gasteiger partial charge in [-0.25, -0.2) is 4.90 Å². The summed E-state index contributed by atoms with van der Waals surface area (Å²) in [5.41, 5.74) is 1.46. The van der Waals surface area contributed by atoms with Crippen molar-refractivity contribution in [2.45, 2.75) is 0 Å². The van der Waals surface area contributed by atoms with E-state index >= 15 is 0 Å². The van der Waals surface area contributed by atoms with Gasteiger partial charge in [-0.2, -0.15) is 0 Å². The van der Waals surface area contributed by atoms with Crippen LogP contribution in [-0.4, -0.2) is 11.8 Å². The van der Waals surface area contributed by atoms with E-state index in [1.807, 2.05) is 36.4 Å². The Balaban J connectivity index is 1.88. The second-order valence-electron chi connectivity index (χ2n) is 5.14. The average molecular weight is 352 g/mol. The summed E-state index contributed by atoms with van der Waals surface area (Å²) in [7, 11) is 0. The van der Waals surface area contributed by atoms with Crippen LogP contribution in [0.1, 0.15) is 20.7 Å². The van der Waals surface area contributed by atoms with E-state index in [1.54, 1.807) is 24.3 Å². The number of anilines is 1. The van der Waals surface area contributed by atoms with Crippen molar-refractivity contribution < 1.29 is 9.59 Å². The predicted octanol–water partition coefficient (Wildman–Crippen LogP) is 4.40. The van der Waals surface area contributed by atoms with E-state index in [4.69, 9.17) is 0 Å². The fraction of sp³-hybridized carbons (Fsp3) is 0. The molecule has 106 valence electrons. The zero-order valence-electron chi connectivity index (χ0n) is 11.4. The zero-order valence-corrected chi connectivity index (χ0v) is 13.0. The van der Waals surface area contributed by atoms with Crippen LogP contribution >= 0.6 is 15.9 Å². The van der Waals surface area contributed by atoms with Crippen molar-refractivity contribution in [2.24, 2.45) is 0 Å². The molecule has 0 N–H and O–H groups in total. The predicted molar refractivity (Wildman–Crippen MR) is 89.2 cm³/mol. The fourth-order valence-corrected chi connectivity index (χ4v) is 3.33. The molecule has 3 aromatic carbocycles. The molecular weight excluding hydrogens is 342 g/mol. The minimum absolute atomic E-state index is 0.281. The number of benzene rings is 3. The highest BCUT2D eigenvalue weighted by Gasteiger charge is 2.38. The Morgan fingerprint density at radius 2 is 1.55 bits per heavy atom. The van der Waals surface area contributed by atoms with Crippen molar-refractivity contribution in [3.63, 3.8) is 0 Å². The Morgan fingerprint density at radius 1 is 0.773 bits per heavy atom. The number of hydrogen-bond donors (Lipinski definition) is 0. The lowest BCUT2D eigenvalue weighted by Gasteiger charge is -2.14. The number of carbonyl (C=O) groups is 2. The highest BCUT2D eigenvalue weighted by Crippen LogP contribution is 2.33. The van der Waals surface area contributed by atoms with Gasteiger partial charge in [0.1, 0.15) is 0 Å². The molecule has 0 saturated heterocycles. The third-order valence-electron chi connectivity index (χ3n) is 3.86. The molecule has 2 amide bonds. The van der Waals surface area contributed by atoms with Crippen LogP contribution in [0.15, 0.2) is 65.1 Å². The molecular formula is C18H10BrNO2. The molecule has 1 heterocycles. The van der Waals surface area contributed by atoms with Gasteiger partial charge in [0.25, 0.3) is 11.8 Å². The summed E-state index contributed by atoms with van der Waals surface area (Å²) in [6.07, 6.45) is 0. The highest BCUT2D eigenvalue weighted by atomic mass is 79.9. The van der Waals surface area contributed by atoms with Crippen molar-refractivity contribution >= 4 is 44.2 Å². The molecule has 4 heteroatoms. The van der Waals surface area contributed by atoms with Crippen LogP contribution in [0.5, 0.6) is 0 Å². The average Bonchev–Trinajstić information content (AvgIpc) is 2.79. The van der Waals surface area contributed by atoms with E-state index < -0.39 is 0 Å². The van der Waals surface area contributed by atoms with E-state index in [0.29, 0.717) is 21.3 Å². The van der Waals surface area contributed by atoms with Crippen molar-refractivity contribution in [2.75, 3.05) is 4.90 Å². The quantitative estimate of drug-likeness (QED) is 0.609. The highest BCUT2D eigenvalue weighted by molar-refractivity contribution is 9.10. The van der Waals surface area contributed by atoms with Gasteiger partial charge in [0, 0.05) is 4.47 Å². The van der Waals surface area contributed by atoms with Gasteiger partial charge < -0.3 is 0 Å². The molecule has 0 aromatic heterocycles. The van der Waals surface area contributed by atoms with Gasteiger partial charge in [0.05, 0.1) is 16.8 Å². The number of nitrogens with zero attached hydrogens (tertiary/aromatic N) is 1. The SMILES string of the molecule is O=C1c2cccc(Br)c2C(=O)N1c1ccc2ccccc2c1. The van der Waals surface area contributed by atoms with Gasteiger partial charge in [0.2, 0.25) is 0 Å². The van der Waals surface area contributed by atoms with Gasteiger partial charge in [0.15, 0.2) is 0 Å². The molecule has 1 aliphatic heterocycles. The van der Waals surface area contributed by atoms with Gasteiger partial charge in [-0.15, -0.1) is 0 Å². The Bertz CT molecular complexity index is 949. The molecule has 1 aliphatic rings. The second-order valence-corrected chi connectivity index (χ2v) is 5.99. The van der Waals surface area contributed by atoms with Crippen LogP contribution in [0.2, 0.25) is 0 Å². The lowest BCUT2D eigenvalue weighted by atomic mass is 10.1. The molecule has 0 atom stereocenters. The van der Waals surface area contributed by atoms with E-state index in [1.165, 1.54) is 4.90 Å². The van der Waals surface area contributed by atoms with Gasteiger partial charge in [-0.1, -0.05) is 36.4 Å². The number of hydrogen-bond acceptors (Lipinski definition) is 2. The third kappa shape index (κ3) is 1.81. The van der Waals surface area contributed by atoms with Crippen LogP contribution in [0.25, 0.3) is 10.8 Å². The largest absolute Gasteiger partial charge is 0.268 e. The zero-order chi connectivity index (χ0) is 15.3. The molecule has 0 fully saturated rings. The Morgan fingerprint density at radius 3 is 2.32 bits per heavy atom. The maximum atomic E-state index is 12.6. The Hall–Kier alpha value is -2.46. The van der Waals surface area contributed by atoms with E-state index in [2.05, 4.69) is 15.9 Å². The smallest absolute Gasteiger partial charge is 0.267 e. The van der Waals surface area contributed by atoms with E-state index in [-0.39, 0.29) is 11.8 Å². The lowest BCUT2D eigenvalue weighted by Crippen LogP contribution is -2.29. The first kappa shape index (κ1) is 13.2. The first-order chi connectivity index (χ1) is 10.7. The van der Waals surface area contributed by atoms with Gasteiger partial charge in [-0.05, 0) is 51.0 Å². The number of rotatable bonds is 1. The Labute approximate surface area is 135 Å². The summed E-state index contributed by atoms with van der Waals surface area (Å²) < 4.78 is 0.645. The van der Waals surface area contributed by atoms with Crippen LogP contribution in [0, 0.1) is 0 Å². The van der Waals surface area contributed by atoms with Crippen molar-refractivity contribution in [1.82, 2.24) is 0 Å². The molecule has 22 heavy (non-hydrogen) atoms. The summed E-state index contributed by atoms with van der Waals surface area (Å²) in [5.74, 6) is -0.570. The van der Waals surface area contributed by atoms with E-state index in [0.717, 1.165) is 10.8 Å². The molecule has 0 spiro atoms. The maximum Gasteiger partial charge on any atom is 0.267 e. The van der Waals surface area contributed by atoms with E-state index in [9.17, 15) is 9.59 Å². The molecule has 0 saturated carbocycles. The maximum absolute atomic E-state index is 12.6. The van der Waals surface area contributed by atoms with Crippen LogP contribution < -0.4 is 4.90 Å². The number of fused-ring (bicyclic) bond motifs is 2. The molecule has 0 radical (unpaired) electrons. The molecule has 0 unspecified atom stereocenters. The summed E-state index contributed by atoms with van der Waals surface area (Å²) >= 11 is 3.36. The number of carbonyl (C=O) groups excluding carboxylic acids is 2. The Kier molecular flexibility index (Phi) is 2.87. The minimum atomic E-state index is -0.289.